The maximum Gasteiger partial charge on any atom is 0.281 e. The number of nitrogens with one attached hydrogen (secondary N) is 1. The number of ether oxygens (including phenoxy) is 1. The molecule has 172 valence electrons. The molecule has 4 aromatic carbocycles. The molecular formula is C27H19N3O4S. The summed E-state index contributed by atoms with van der Waals surface area (Å²) in [4.78, 5) is 23.3. The van der Waals surface area contributed by atoms with Gasteiger partial charge >= 0.3 is 0 Å². The van der Waals surface area contributed by atoms with Crippen molar-refractivity contribution in [1.29, 1.82) is 0 Å². The van der Waals surface area contributed by atoms with Crippen LogP contribution in [0.5, 0.6) is 5.75 Å². The van der Waals surface area contributed by atoms with Crippen LogP contribution in [0, 0.1) is 10.1 Å². The van der Waals surface area contributed by atoms with Gasteiger partial charge in [0, 0.05) is 22.2 Å². The van der Waals surface area contributed by atoms with Crippen LogP contribution in [0.3, 0.4) is 0 Å². The summed E-state index contributed by atoms with van der Waals surface area (Å²) in [5, 5.41) is 18.0. The minimum atomic E-state index is -0.457. The van der Waals surface area contributed by atoms with Gasteiger partial charge in [-0.1, -0.05) is 36.4 Å². The lowest BCUT2D eigenvalue weighted by Crippen LogP contribution is -2.16. The fourth-order valence-corrected chi connectivity index (χ4v) is 4.56. The predicted molar refractivity (Wildman–Crippen MR) is 138 cm³/mol. The van der Waals surface area contributed by atoms with Crippen molar-refractivity contribution < 1.29 is 14.5 Å². The van der Waals surface area contributed by atoms with Crippen LogP contribution in [-0.2, 0) is 6.61 Å². The Morgan fingerprint density at radius 1 is 0.943 bits per heavy atom. The van der Waals surface area contributed by atoms with E-state index in [4.69, 9.17) is 4.74 Å². The number of rotatable bonds is 7. The highest BCUT2D eigenvalue weighted by molar-refractivity contribution is 7.20. The first-order valence-corrected chi connectivity index (χ1v) is 11.6. The maximum absolute atomic E-state index is 12.4. The number of nitro benzene ring substituents is 1. The number of nitrogens with zero attached hydrogens (tertiary/aromatic N) is 2. The molecule has 1 aromatic heterocycles. The van der Waals surface area contributed by atoms with Gasteiger partial charge in [-0.15, -0.1) is 11.3 Å². The Kier molecular flexibility index (Phi) is 6.19. The molecule has 0 radical (unpaired) electrons. The Morgan fingerprint density at radius 3 is 2.54 bits per heavy atom. The maximum atomic E-state index is 12.4. The minimum Gasteiger partial charge on any atom is -0.489 e. The van der Waals surface area contributed by atoms with Gasteiger partial charge in [0.05, 0.1) is 16.0 Å². The fourth-order valence-electron chi connectivity index (χ4n) is 3.62. The van der Waals surface area contributed by atoms with E-state index in [2.05, 4.69) is 40.9 Å². The zero-order valence-corrected chi connectivity index (χ0v) is 19.2. The zero-order valence-electron chi connectivity index (χ0n) is 18.4. The van der Waals surface area contributed by atoms with Crippen molar-refractivity contribution >= 4 is 50.0 Å². The molecule has 0 aliphatic rings. The molecule has 7 nitrogen and oxygen atoms in total. The summed E-state index contributed by atoms with van der Waals surface area (Å²) >= 11 is 1.25. The van der Waals surface area contributed by atoms with Gasteiger partial charge < -0.3 is 4.74 Å². The van der Waals surface area contributed by atoms with Crippen LogP contribution in [0.25, 0.3) is 20.9 Å². The summed E-state index contributed by atoms with van der Waals surface area (Å²) in [6.07, 6.45) is 1.54. The molecule has 0 saturated carbocycles. The first-order chi connectivity index (χ1) is 17.0. The van der Waals surface area contributed by atoms with Crippen molar-refractivity contribution in [2.45, 2.75) is 6.61 Å². The number of carbonyl (C=O) groups is 1. The molecule has 0 aliphatic carbocycles. The standard InChI is InChI=1S/C27H19N3O4S/c31-27(26-15-22-14-23(30(32)33)9-12-25(22)35-26)29-28-16-18-6-10-24(11-7-18)34-17-19-5-8-20-3-1-2-4-21(20)13-19/h1-16H,17H2,(H,29,31)/b28-16-. The van der Waals surface area contributed by atoms with Crippen molar-refractivity contribution in [3.63, 3.8) is 0 Å². The monoisotopic (exact) mass is 481 g/mol. The van der Waals surface area contributed by atoms with Gasteiger partial charge in [0.2, 0.25) is 0 Å². The van der Waals surface area contributed by atoms with Crippen LogP contribution < -0.4 is 10.2 Å². The number of benzene rings is 4. The third-order valence-corrected chi connectivity index (χ3v) is 6.53. The van der Waals surface area contributed by atoms with Crippen LogP contribution in [0.1, 0.15) is 20.8 Å². The Labute approximate surface area is 204 Å². The Hall–Kier alpha value is -4.56. The summed E-state index contributed by atoms with van der Waals surface area (Å²) in [5.41, 5.74) is 4.38. The van der Waals surface area contributed by atoms with Gasteiger partial charge in [-0.05, 0) is 64.4 Å². The Bertz CT molecular complexity index is 1580. The van der Waals surface area contributed by atoms with E-state index in [1.807, 2.05) is 36.4 Å². The topological polar surface area (TPSA) is 93.8 Å². The number of non-ortho nitro benzene ring substituents is 1. The summed E-state index contributed by atoms with van der Waals surface area (Å²) in [5.74, 6) is 0.360. The summed E-state index contributed by atoms with van der Waals surface area (Å²) < 4.78 is 6.69. The van der Waals surface area contributed by atoms with Gasteiger partial charge in [-0.25, -0.2) is 5.43 Å². The lowest BCUT2D eigenvalue weighted by atomic mass is 10.1. The van der Waals surface area contributed by atoms with E-state index in [1.165, 1.54) is 34.2 Å². The SMILES string of the molecule is O=C(N/N=C\c1ccc(OCc2ccc3ccccc3c2)cc1)c1cc2cc([N+](=O)[O-])ccc2s1. The second kappa shape index (κ2) is 9.74. The van der Waals surface area contributed by atoms with Crippen molar-refractivity contribution in [2.24, 2.45) is 5.10 Å². The number of amides is 1. The van der Waals surface area contributed by atoms with Gasteiger partial charge in [0.1, 0.15) is 12.4 Å². The lowest BCUT2D eigenvalue weighted by Gasteiger charge is -2.07. The highest BCUT2D eigenvalue weighted by Crippen LogP contribution is 2.29. The summed E-state index contributed by atoms with van der Waals surface area (Å²) in [6, 6.07) is 28.0. The molecule has 0 spiro atoms. The number of hydrogen-bond donors (Lipinski definition) is 1. The number of fused-ring (bicyclic) bond motifs is 2. The Balaban J connectivity index is 1.17. The highest BCUT2D eigenvalue weighted by Gasteiger charge is 2.13. The second-order valence-electron chi connectivity index (χ2n) is 7.83. The van der Waals surface area contributed by atoms with Gasteiger partial charge in [-0.2, -0.15) is 5.10 Å². The largest absolute Gasteiger partial charge is 0.489 e. The summed E-state index contributed by atoms with van der Waals surface area (Å²) in [7, 11) is 0. The van der Waals surface area contributed by atoms with Gasteiger partial charge in [-0.3, -0.25) is 14.9 Å². The average molecular weight is 482 g/mol. The molecule has 8 heteroatoms. The van der Waals surface area contributed by atoms with Crippen LogP contribution in [0.4, 0.5) is 5.69 Å². The van der Waals surface area contributed by atoms with Gasteiger partial charge in [0.25, 0.3) is 11.6 Å². The number of carbonyl (C=O) groups excluding carboxylic acids is 1. The van der Waals surface area contributed by atoms with Crippen molar-refractivity contribution in [1.82, 2.24) is 5.43 Å². The van der Waals surface area contributed by atoms with Crippen LogP contribution >= 0.6 is 11.3 Å². The van der Waals surface area contributed by atoms with Crippen molar-refractivity contribution in [3.05, 3.63) is 117 Å². The van der Waals surface area contributed by atoms with Crippen molar-refractivity contribution in [2.75, 3.05) is 0 Å². The molecule has 0 aliphatic heterocycles. The molecule has 1 heterocycles. The number of hydrazone groups is 1. The van der Waals surface area contributed by atoms with E-state index in [0.717, 1.165) is 21.6 Å². The molecule has 0 atom stereocenters. The molecule has 0 fully saturated rings. The van der Waals surface area contributed by atoms with E-state index in [0.29, 0.717) is 16.9 Å². The smallest absolute Gasteiger partial charge is 0.281 e. The molecule has 5 rings (SSSR count). The van der Waals surface area contributed by atoms with Crippen LogP contribution in [0.2, 0.25) is 0 Å². The molecular weight excluding hydrogens is 462 g/mol. The fraction of sp³-hybridized carbons (Fsp3) is 0.0370. The zero-order chi connectivity index (χ0) is 24.2. The third-order valence-electron chi connectivity index (χ3n) is 5.41. The predicted octanol–water partition coefficient (Wildman–Crippen LogP) is 6.31. The minimum absolute atomic E-state index is 0.00929. The quantitative estimate of drug-likeness (QED) is 0.168. The molecule has 5 aromatic rings. The first kappa shape index (κ1) is 22.2. The van der Waals surface area contributed by atoms with E-state index >= 15 is 0 Å². The molecule has 1 amide bonds. The lowest BCUT2D eigenvalue weighted by molar-refractivity contribution is -0.384. The molecule has 0 bridgehead atoms. The second-order valence-corrected chi connectivity index (χ2v) is 8.91. The number of thiophene rings is 1. The van der Waals surface area contributed by atoms with Gasteiger partial charge in [0.15, 0.2) is 0 Å². The van der Waals surface area contributed by atoms with Crippen molar-refractivity contribution in [3.8, 4) is 5.75 Å². The Morgan fingerprint density at radius 2 is 1.74 bits per heavy atom. The molecule has 1 N–H and O–H groups in total. The highest BCUT2D eigenvalue weighted by atomic mass is 32.1. The number of hydrogen-bond acceptors (Lipinski definition) is 6. The van der Waals surface area contributed by atoms with E-state index < -0.39 is 4.92 Å². The van der Waals surface area contributed by atoms with Crippen LogP contribution in [0.15, 0.2) is 96.1 Å². The average Bonchev–Trinajstić information content (AvgIpc) is 3.32. The van der Waals surface area contributed by atoms with E-state index in [1.54, 1.807) is 18.3 Å². The molecule has 0 unspecified atom stereocenters. The summed E-state index contributed by atoms with van der Waals surface area (Å²) in [6.45, 7) is 0.465. The van der Waals surface area contributed by atoms with Crippen LogP contribution in [-0.4, -0.2) is 17.0 Å². The van der Waals surface area contributed by atoms with E-state index in [-0.39, 0.29) is 11.6 Å². The molecule has 35 heavy (non-hydrogen) atoms. The normalized spacial score (nSPS) is 11.2. The van der Waals surface area contributed by atoms with E-state index in [9.17, 15) is 14.9 Å². The molecule has 0 saturated heterocycles. The third kappa shape index (κ3) is 5.18. The first-order valence-electron chi connectivity index (χ1n) is 10.8. The number of nitro groups is 1.